The van der Waals surface area contributed by atoms with Crippen LogP contribution in [0.15, 0.2) is 11.4 Å². The van der Waals surface area contributed by atoms with Crippen LogP contribution in [0.3, 0.4) is 0 Å². The van der Waals surface area contributed by atoms with Gasteiger partial charge in [-0.1, -0.05) is 0 Å². The van der Waals surface area contributed by atoms with Gasteiger partial charge in [0.2, 0.25) is 0 Å². The fraction of sp³-hybridized carbons (Fsp3) is 0.143. The Morgan fingerprint density at radius 1 is 1.75 bits per heavy atom. The second-order valence-corrected chi connectivity index (χ2v) is 3.09. The average Bonchev–Trinajstić information content (AvgIpc) is 2.47. The first-order valence-electron chi connectivity index (χ1n) is 3.29. The first-order chi connectivity index (χ1) is 5.74. The Balaban J connectivity index is 2.62. The molecule has 3 N–H and O–H groups in total. The number of amides is 2. The predicted octanol–water partition coefficient (Wildman–Crippen LogP) is 0.729. The molecule has 0 atom stereocenters. The third-order valence-corrected chi connectivity index (χ3v) is 2.23. The second-order valence-electron chi connectivity index (χ2n) is 2.15. The molecular weight excluding hydrogens is 176 g/mol. The van der Waals surface area contributed by atoms with Crippen LogP contribution in [0, 0.1) is 0 Å². The van der Waals surface area contributed by atoms with Crippen molar-refractivity contribution < 1.29 is 9.59 Å². The molecule has 1 heterocycles. The molecule has 1 rings (SSSR count). The van der Waals surface area contributed by atoms with Crippen LogP contribution in [0.2, 0.25) is 0 Å². The molecule has 2 amide bonds. The normalized spacial score (nSPS) is 9.33. The van der Waals surface area contributed by atoms with Gasteiger partial charge in [-0.3, -0.25) is 4.79 Å². The molecular formula is C7H8N2O2S. The summed E-state index contributed by atoms with van der Waals surface area (Å²) in [6.07, 6.45) is 0.767. The minimum atomic E-state index is -0.585. The van der Waals surface area contributed by atoms with E-state index < -0.39 is 6.03 Å². The van der Waals surface area contributed by atoms with Crippen molar-refractivity contribution in [2.24, 2.45) is 5.73 Å². The minimum absolute atomic E-state index is 0.312. The lowest BCUT2D eigenvalue weighted by atomic mass is 10.3. The smallest absolute Gasteiger partial charge is 0.312 e. The van der Waals surface area contributed by atoms with E-state index in [0.29, 0.717) is 11.4 Å². The lowest BCUT2D eigenvalue weighted by Gasteiger charge is -1.98. The van der Waals surface area contributed by atoms with Gasteiger partial charge in [0, 0.05) is 6.54 Å². The number of rotatable bonds is 3. The Hall–Kier alpha value is -1.36. The topological polar surface area (TPSA) is 72.2 Å². The first kappa shape index (κ1) is 8.73. The molecule has 64 valence electrons. The number of hydrogen-bond acceptors (Lipinski definition) is 3. The molecule has 0 saturated carbocycles. The van der Waals surface area contributed by atoms with Gasteiger partial charge in [0.1, 0.15) is 0 Å². The summed E-state index contributed by atoms with van der Waals surface area (Å²) < 4.78 is 0. The van der Waals surface area contributed by atoms with Gasteiger partial charge >= 0.3 is 6.03 Å². The van der Waals surface area contributed by atoms with Gasteiger partial charge < -0.3 is 11.1 Å². The Kier molecular flexibility index (Phi) is 2.82. The Morgan fingerprint density at radius 3 is 3.08 bits per heavy atom. The van der Waals surface area contributed by atoms with Crippen LogP contribution in [-0.2, 0) is 6.54 Å². The van der Waals surface area contributed by atoms with Crippen molar-refractivity contribution in [1.29, 1.82) is 0 Å². The van der Waals surface area contributed by atoms with Gasteiger partial charge in [-0.25, -0.2) is 4.79 Å². The number of primary amides is 1. The van der Waals surface area contributed by atoms with Crippen molar-refractivity contribution in [2.75, 3.05) is 0 Å². The molecule has 4 nitrogen and oxygen atoms in total. The molecule has 1 aromatic rings. The van der Waals surface area contributed by atoms with Gasteiger partial charge in [-0.2, -0.15) is 0 Å². The number of nitrogens with two attached hydrogens (primary N) is 1. The van der Waals surface area contributed by atoms with Gasteiger partial charge in [-0.15, -0.1) is 11.3 Å². The summed E-state index contributed by atoms with van der Waals surface area (Å²) in [5.41, 5.74) is 5.67. The van der Waals surface area contributed by atoms with Crippen LogP contribution in [0.4, 0.5) is 4.79 Å². The monoisotopic (exact) mass is 184 g/mol. The summed E-state index contributed by atoms with van der Waals surface area (Å²) in [6, 6.07) is 1.20. The lowest BCUT2D eigenvalue weighted by Crippen LogP contribution is -2.28. The zero-order chi connectivity index (χ0) is 8.97. The highest BCUT2D eigenvalue weighted by molar-refractivity contribution is 7.11. The summed E-state index contributed by atoms with van der Waals surface area (Å²) in [7, 11) is 0. The summed E-state index contributed by atoms with van der Waals surface area (Å²) in [5.74, 6) is 0. The molecule has 0 saturated heterocycles. The summed E-state index contributed by atoms with van der Waals surface area (Å²) in [6.45, 7) is 0.312. The molecule has 0 radical (unpaired) electrons. The van der Waals surface area contributed by atoms with Crippen LogP contribution in [0.1, 0.15) is 15.2 Å². The average molecular weight is 184 g/mol. The number of carbonyl (C=O) groups excluding carboxylic acids is 2. The third kappa shape index (κ3) is 2.06. The predicted molar refractivity (Wildman–Crippen MR) is 46.1 cm³/mol. The van der Waals surface area contributed by atoms with Crippen molar-refractivity contribution in [2.45, 2.75) is 6.54 Å². The van der Waals surface area contributed by atoms with Crippen LogP contribution in [0.25, 0.3) is 0 Å². The maximum absolute atomic E-state index is 10.4. The number of aldehydes is 1. The molecule has 1 aromatic heterocycles. The van der Waals surface area contributed by atoms with Crippen molar-refractivity contribution in [3.8, 4) is 0 Å². The van der Waals surface area contributed by atoms with Crippen molar-refractivity contribution >= 4 is 23.7 Å². The Morgan fingerprint density at radius 2 is 2.50 bits per heavy atom. The van der Waals surface area contributed by atoms with E-state index in [9.17, 15) is 9.59 Å². The standard InChI is InChI=1S/C7H8N2O2S/c8-7(11)9-3-5-1-2-12-6(5)4-10/h1-2,4H,3H2,(H3,8,9,11). The third-order valence-electron chi connectivity index (χ3n) is 1.34. The number of urea groups is 1. The first-order valence-corrected chi connectivity index (χ1v) is 4.17. The van der Waals surface area contributed by atoms with Gasteiger partial charge in [0.05, 0.1) is 4.88 Å². The Bertz CT molecular complexity index is 295. The van der Waals surface area contributed by atoms with Crippen LogP contribution in [-0.4, -0.2) is 12.3 Å². The number of carbonyl (C=O) groups is 2. The van der Waals surface area contributed by atoms with Gasteiger partial charge in [0.15, 0.2) is 6.29 Å². The molecule has 0 fully saturated rings. The van der Waals surface area contributed by atoms with E-state index in [-0.39, 0.29) is 0 Å². The fourth-order valence-electron chi connectivity index (χ4n) is 0.779. The van der Waals surface area contributed by atoms with Crippen LogP contribution in [0.5, 0.6) is 0 Å². The second kappa shape index (κ2) is 3.87. The van der Waals surface area contributed by atoms with E-state index in [1.54, 1.807) is 11.4 Å². The van der Waals surface area contributed by atoms with Crippen molar-refractivity contribution in [3.05, 3.63) is 21.9 Å². The maximum atomic E-state index is 10.4. The summed E-state index contributed by atoms with van der Waals surface area (Å²) in [5, 5.41) is 4.20. The quantitative estimate of drug-likeness (QED) is 0.680. The van der Waals surface area contributed by atoms with Crippen LogP contribution < -0.4 is 11.1 Å². The molecule has 0 bridgehead atoms. The minimum Gasteiger partial charge on any atom is -0.352 e. The molecule has 0 unspecified atom stereocenters. The number of nitrogens with one attached hydrogen (secondary N) is 1. The van der Waals surface area contributed by atoms with E-state index in [0.717, 1.165) is 11.8 Å². The highest BCUT2D eigenvalue weighted by atomic mass is 32.1. The molecule has 0 aliphatic carbocycles. The molecule has 5 heteroatoms. The van der Waals surface area contributed by atoms with Crippen LogP contribution >= 0.6 is 11.3 Å². The number of thiophene rings is 1. The molecule has 0 aliphatic rings. The fourth-order valence-corrected chi connectivity index (χ4v) is 1.51. The summed E-state index contributed by atoms with van der Waals surface area (Å²) >= 11 is 1.34. The van der Waals surface area contributed by atoms with E-state index >= 15 is 0 Å². The highest BCUT2D eigenvalue weighted by Gasteiger charge is 2.02. The largest absolute Gasteiger partial charge is 0.352 e. The zero-order valence-electron chi connectivity index (χ0n) is 6.24. The van der Waals surface area contributed by atoms with E-state index in [1.165, 1.54) is 11.3 Å². The molecule has 0 aromatic carbocycles. The Labute approximate surface area is 73.4 Å². The van der Waals surface area contributed by atoms with E-state index in [1.807, 2.05) is 0 Å². The van der Waals surface area contributed by atoms with E-state index in [2.05, 4.69) is 5.32 Å². The van der Waals surface area contributed by atoms with Gasteiger partial charge in [0.25, 0.3) is 0 Å². The number of hydrogen-bond donors (Lipinski definition) is 2. The van der Waals surface area contributed by atoms with Crippen molar-refractivity contribution in [3.63, 3.8) is 0 Å². The summed E-state index contributed by atoms with van der Waals surface area (Å²) in [4.78, 5) is 21.3. The van der Waals surface area contributed by atoms with Crippen molar-refractivity contribution in [1.82, 2.24) is 5.32 Å². The zero-order valence-corrected chi connectivity index (χ0v) is 7.06. The highest BCUT2D eigenvalue weighted by Crippen LogP contribution is 2.13. The SMILES string of the molecule is NC(=O)NCc1ccsc1C=O. The van der Waals surface area contributed by atoms with E-state index in [4.69, 9.17) is 5.73 Å². The molecule has 0 spiro atoms. The molecule has 0 aliphatic heterocycles. The molecule has 12 heavy (non-hydrogen) atoms. The van der Waals surface area contributed by atoms with Gasteiger partial charge in [-0.05, 0) is 17.0 Å². The lowest BCUT2D eigenvalue weighted by molar-refractivity contribution is 0.112. The maximum Gasteiger partial charge on any atom is 0.312 e.